The quantitative estimate of drug-likeness (QED) is 0.610. The fourth-order valence-electron chi connectivity index (χ4n) is 1.24. The zero-order chi connectivity index (χ0) is 7.40. The highest BCUT2D eigenvalue weighted by molar-refractivity contribution is 5.75. The Morgan fingerprint density at radius 1 is 1.64 bits per heavy atom. The zero-order valence-corrected chi connectivity index (χ0v) is 6.93. The molecule has 0 aromatic rings. The Labute approximate surface area is 67.0 Å². The van der Waals surface area contributed by atoms with Crippen molar-refractivity contribution >= 4 is 5.78 Å². The molecular weight excluding hydrogens is 144 g/mol. The van der Waals surface area contributed by atoms with Crippen LogP contribution in [0.4, 0.5) is 0 Å². The highest BCUT2D eigenvalue weighted by Crippen LogP contribution is 2.16. The van der Waals surface area contributed by atoms with Crippen molar-refractivity contribution in [3.05, 3.63) is 0 Å². The highest BCUT2D eigenvalue weighted by Gasteiger charge is 2.15. The average molecular weight is 160 g/mol. The van der Waals surface area contributed by atoms with E-state index in [1.807, 2.05) is 0 Å². The summed E-state index contributed by atoms with van der Waals surface area (Å²) in [6, 6.07) is 0. The number of carbonyl (C=O) groups excluding carboxylic acids is 1. The molecule has 0 bridgehead atoms. The van der Waals surface area contributed by atoms with Crippen LogP contribution in [0.1, 0.15) is 32.6 Å². The van der Waals surface area contributed by atoms with Gasteiger partial charge in [-0.3, -0.25) is 0 Å². The van der Waals surface area contributed by atoms with E-state index in [0.717, 1.165) is 19.4 Å². The minimum Gasteiger partial charge on any atom is -0.412 e. The number of Topliss-reactive ketones (excluding diaryl/α,β-unsaturated/α-hetero) is 1. The van der Waals surface area contributed by atoms with E-state index in [-0.39, 0.29) is 11.3 Å². The topological polar surface area (TPSA) is 57.8 Å². The molecule has 11 heavy (non-hydrogen) atoms. The molecule has 2 N–H and O–H groups in total. The molecule has 0 saturated carbocycles. The summed E-state index contributed by atoms with van der Waals surface area (Å²) >= 11 is 0. The van der Waals surface area contributed by atoms with Gasteiger partial charge in [0.25, 0.3) is 0 Å². The van der Waals surface area contributed by atoms with E-state index in [4.69, 9.17) is 4.74 Å². The normalized spacial score (nSPS) is 22.8. The minimum atomic E-state index is 0. The first-order chi connectivity index (χ1) is 4.79. The Morgan fingerprint density at radius 2 is 2.36 bits per heavy atom. The summed E-state index contributed by atoms with van der Waals surface area (Å²) in [5.41, 5.74) is 0. The van der Waals surface area contributed by atoms with Gasteiger partial charge in [-0.1, -0.05) is 0 Å². The monoisotopic (exact) mass is 160 g/mol. The molecule has 1 fully saturated rings. The molecule has 1 atom stereocenters. The number of carbonyl (C=O) groups is 1. The lowest BCUT2D eigenvalue weighted by molar-refractivity contribution is -0.117. The van der Waals surface area contributed by atoms with E-state index in [1.165, 1.54) is 6.42 Å². The lowest BCUT2D eigenvalue weighted by atomic mass is 10.1. The predicted molar refractivity (Wildman–Crippen MR) is 42.5 cm³/mol. The minimum absolute atomic E-state index is 0. The molecular formula is C8H16O3. The van der Waals surface area contributed by atoms with Gasteiger partial charge in [0.15, 0.2) is 0 Å². The first-order valence-corrected chi connectivity index (χ1v) is 3.90. The van der Waals surface area contributed by atoms with Gasteiger partial charge in [-0.2, -0.15) is 0 Å². The smallest absolute Gasteiger partial charge is 0.129 e. The summed E-state index contributed by atoms with van der Waals surface area (Å²) < 4.78 is 5.35. The van der Waals surface area contributed by atoms with E-state index >= 15 is 0 Å². The van der Waals surface area contributed by atoms with E-state index in [2.05, 4.69) is 0 Å². The van der Waals surface area contributed by atoms with E-state index < -0.39 is 0 Å². The second-order valence-corrected chi connectivity index (χ2v) is 2.88. The lowest BCUT2D eigenvalue weighted by Gasteiger charge is -2.05. The number of ether oxygens (including phenoxy) is 1. The standard InChI is InChI=1S/C8H14O2.H2O/c1-7(9)4-5-8-3-2-6-10-8;/h8H,2-6H2,1H3;1H2. The predicted octanol–water partition coefficient (Wildman–Crippen LogP) is 0.710. The van der Waals surface area contributed by atoms with Crippen molar-refractivity contribution in [3.63, 3.8) is 0 Å². The van der Waals surface area contributed by atoms with Gasteiger partial charge >= 0.3 is 0 Å². The Kier molecular flexibility index (Phi) is 5.07. The second-order valence-electron chi connectivity index (χ2n) is 2.88. The Hall–Kier alpha value is -0.410. The first-order valence-electron chi connectivity index (χ1n) is 3.90. The van der Waals surface area contributed by atoms with Crippen LogP contribution in [0.15, 0.2) is 0 Å². The molecule has 1 aliphatic heterocycles. The van der Waals surface area contributed by atoms with E-state index in [1.54, 1.807) is 6.92 Å². The second kappa shape index (κ2) is 5.27. The Bertz CT molecular complexity index is 117. The molecule has 0 aromatic heterocycles. The van der Waals surface area contributed by atoms with Crippen molar-refractivity contribution in [2.75, 3.05) is 6.61 Å². The third-order valence-electron chi connectivity index (χ3n) is 1.84. The molecule has 0 amide bonds. The van der Waals surface area contributed by atoms with E-state index in [9.17, 15) is 4.79 Å². The number of rotatable bonds is 3. The van der Waals surface area contributed by atoms with E-state index in [0.29, 0.717) is 12.5 Å². The molecule has 1 heterocycles. The maximum Gasteiger partial charge on any atom is 0.129 e. The van der Waals surface area contributed by atoms with Gasteiger partial charge < -0.3 is 15.0 Å². The maximum atomic E-state index is 10.5. The average Bonchev–Trinajstić information content (AvgIpc) is 2.34. The van der Waals surface area contributed by atoms with Crippen LogP contribution in [0.5, 0.6) is 0 Å². The maximum absolute atomic E-state index is 10.5. The molecule has 3 heteroatoms. The SMILES string of the molecule is CC(=O)CCC1CCCO1.O. The molecule has 1 rings (SSSR count). The van der Waals surface area contributed by atoms with Gasteiger partial charge in [-0.05, 0) is 26.2 Å². The van der Waals surface area contributed by atoms with Crippen molar-refractivity contribution in [1.29, 1.82) is 0 Å². The molecule has 0 aromatic carbocycles. The fraction of sp³-hybridized carbons (Fsp3) is 0.875. The van der Waals surface area contributed by atoms with Crippen LogP contribution >= 0.6 is 0 Å². The molecule has 66 valence electrons. The van der Waals surface area contributed by atoms with Crippen LogP contribution in [-0.4, -0.2) is 24.0 Å². The van der Waals surface area contributed by atoms with Crippen molar-refractivity contribution < 1.29 is 15.0 Å². The van der Waals surface area contributed by atoms with Crippen LogP contribution in [0.2, 0.25) is 0 Å². The molecule has 0 aliphatic carbocycles. The summed E-state index contributed by atoms with van der Waals surface area (Å²) in [6.07, 6.45) is 4.31. The van der Waals surface area contributed by atoms with Crippen molar-refractivity contribution in [2.24, 2.45) is 0 Å². The molecule has 1 saturated heterocycles. The summed E-state index contributed by atoms with van der Waals surface area (Å²) in [5, 5.41) is 0. The Balaban J connectivity index is 0.000001000. The van der Waals surface area contributed by atoms with Crippen LogP contribution in [-0.2, 0) is 9.53 Å². The van der Waals surface area contributed by atoms with Gasteiger partial charge in [-0.25, -0.2) is 0 Å². The first kappa shape index (κ1) is 10.6. The molecule has 0 radical (unpaired) electrons. The molecule has 1 aliphatic rings. The van der Waals surface area contributed by atoms with Gasteiger partial charge in [-0.15, -0.1) is 0 Å². The highest BCUT2D eigenvalue weighted by atomic mass is 16.5. The zero-order valence-electron chi connectivity index (χ0n) is 6.93. The Morgan fingerprint density at radius 3 is 2.82 bits per heavy atom. The molecule has 0 spiro atoms. The third-order valence-corrected chi connectivity index (χ3v) is 1.84. The fourth-order valence-corrected chi connectivity index (χ4v) is 1.24. The third kappa shape index (κ3) is 4.11. The summed E-state index contributed by atoms with van der Waals surface area (Å²) in [4.78, 5) is 10.5. The number of ketones is 1. The summed E-state index contributed by atoms with van der Waals surface area (Å²) in [6.45, 7) is 2.53. The van der Waals surface area contributed by atoms with Gasteiger partial charge in [0.05, 0.1) is 6.10 Å². The van der Waals surface area contributed by atoms with Crippen LogP contribution in [0.25, 0.3) is 0 Å². The van der Waals surface area contributed by atoms with Crippen molar-refractivity contribution in [2.45, 2.75) is 38.7 Å². The van der Waals surface area contributed by atoms with Crippen molar-refractivity contribution in [1.82, 2.24) is 0 Å². The van der Waals surface area contributed by atoms with Gasteiger partial charge in [0.1, 0.15) is 5.78 Å². The van der Waals surface area contributed by atoms with Crippen LogP contribution < -0.4 is 0 Å². The number of hydrogen-bond donors (Lipinski definition) is 0. The largest absolute Gasteiger partial charge is 0.412 e. The summed E-state index contributed by atoms with van der Waals surface area (Å²) in [7, 11) is 0. The molecule has 3 nitrogen and oxygen atoms in total. The molecule has 1 unspecified atom stereocenters. The van der Waals surface area contributed by atoms with Crippen molar-refractivity contribution in [3.8, 4) is 0 Å². The van der Waals surface area contributed by atoms with Gasteiger partial charge in [0.2, 0.25) is 0 Å². The van der Waals surface area contributed by atoms with Crippen LogP contribution in [0, 0.1) is 0 Å². The summed E-state index contributed by atoms with van der Waals surface area (Å²) in [5.74, 6) is 0.274. The van der Waals surface area contributed by atoms with Gasteiger partial charge in [0, 0.05) is 13.0 Å². The van der Waals surface area contributed by atoms with Crippen LogP contribution in [0.3, 0.4) is 0 Å². The lowest BCUT2D eigenvalue weighted by Crippen LogP contribution is -2.06. The number of hydrogen-bond acceptors (Lipinski definition) is 2.